The molecule has 3 heterocycles. The van der Waals surface area contributed by atoms with E-state index in [4.69, 9.17) is 0 Å². The minimum absolute atomic E-state index is 0.0651. The van der Waals surface area contributed by atoms with Crippen molar-refractivity contribution in [1.29, 1.82) is 0 Å². The molecule has 0 spiro atoms. The van der Waals surface area contributed by atoms with E-state index in [1.807, 2.05) is 0 Å². The number of nitrogens with one attached hydrogen (secondary N) is 1. The number of amides is 1. The number of hydrogen-bond donors (Lipinski definition) is 1. The Hall–Kier alpha value is -3.16. The standard InChI is InChI=1S/C17H13F2N5O/c1-24-8-9(6-21-24)5-12-15-13(7-20-17(15)25)23-16(22-12)14-10(18)3-2-4-11(14)19/h2-4,6,8H,5,7H2,1H3,(H,20,25). The number of halogens is 2. The number of nitrogens with zero attached hydrogens (tertiary/aromatic N) is 4. The normalized spacial score (nSPS) is 13.0. The summed E-state index contributed by atoms with van der Waals surface area (Å²) in [5.41, 5.74) is 1.77. The predicted octanol–water partition coefficient (Wildman–Crippen LogP) is 1.99. The molecule has 2 aromatic heterocycles. The van der Waals surface area contributed by atoms with Gasteiger partial charge in [-0.25, -0.2) is 18.7 Å². The van der Waals surface area contributed by atoms with Crippen molar-refractivity contribution in [3.8, 4) is 11.4 Å². The first-order chi connectivity index (χ1) is 12.0. The molecule has 0 atom stereocenters. The lowest BCUT2D eigenvalue weighted by molar-refractivity contribution is 0.0964. The molecule has 25 heavy (non-hydrogen) atoms. The van der Waals surface area contributed by atoms with E-state index in [1.165, 1.54) is 6.07 Å². The number of carbonyl (C=O) groups excluding carboxylic acids is 1. The number of carbonyl (C=O) groups is 1. The zero-order valence-electron chi connectivity index (χ0n) is 13.3. The molecule has 1 N–H and O–H groups in total. The van der Waals surface area contributed by atoms with E-state index in [0.29, 0.717) is 23.4 Å². The van der Waals surface area contributed by atoms with Gasteiger partial charge in [-0.3, -0.25) is 9.48 Å². The van der Waals surface area contributed by atoms with Crippen LogP contribution in [0.1, 0.15) is 27.3 Å². The molecule has 4 rings (SSSR count). The highest BCUT2D eigenvalue weighted by Crippen LogP contribution is 2.27. The molecule has 1 amide bonds. The Kier molecular flexibility index (Phi) is 3.52. The lowest BCUT2D eigenvalue weighted by Gasteiger charge is -2.09. The van der Waals surface area contributed by atoms with E-state index in [-0.39, 0.29) is 23.8 Å². The van der Waals surface area contributed by atoms with Gasteiger partial charge in [0.25, 0.3) is 5.91 Å². The van der Waals surface area contributed by atoms with Crippen molar-refractivity contribution in [3.63, 3.8) is 0 Å². The molecule has 8 heteroatoms. The second-order valence-electron chi connectivity index (χ2n) is 5.79. The second kappa shape index (κ2) is 5.73. The molecule has 0 unspecified atom stereocenters. The van der Waals surface area contributed by atoms with Crippen LogP contribution in [0.2, 0.25) is 0 Å². The van der Waals surface area contributed by atoms with Crippen LogP contribution in [-0.4, -0.2) is 25.7 Å². The van der Waals surface area contributed by atoms with Gasteiger partial charge < -0.3 is 5.32 Å². The predicted molar refractivity (Wildman–Crippen MR) is 84.6 cm³/mol. The van der Waals surface area contributed by atoms with Crippen molar-refractivity contribution in [3.05, 3.63) is 64.7 Å². The first-order valence-electron chi connectivity index (χ1n) is 7.63. The number of aromatic nitrogens is 4. The van der Waals surface area contributed by atoms with Gasteiger partial charge in [0.15, 0.2) is 5.82 Å². The van der Waals surface area contributed by atoms with Crippen molar-refractivity contribution in [2.24, 2.45) is 7.05 Å². The van der Waals surface area contributed by atoms with Crippen LogP contribution in [0.25, 0.3) is 11.4 Å². The maximum Gasteiger partial charge on any atom is 0.255 e. The Morgan fingerprint density at radius 2 is 1.96 bits per heavy atom. The van der Waals surface area contributed by atoms with E-state index in [0.717, 1.165) is 17.7 Å². The number of rotatable bonds is 3. The fourth-order valence-corrected chi connectivity index (χ4v) is 2.91. The van der Waals surface area contributed by atoms with Crippen LogP contribution in [0.4, 0.5) is 8.78 Å². The van der Waals surface area contributed by atoms with E-state index < -0.39 is 11.6 Å². The molecule has 1 aliphatic heterocycles. The van der Waals surface area contributed by atoms with Crippen LogP contribution in [0.5, 0.6) is 0 Å². The van der Waals surface area contributed by atoms with Crippen molar-refractivity contribution >= 4 is 5.91 Å². The van der Waals surface area contributed by atoms with Crippen molar-refractivity contribution in [2.75, 3.05) is 0 Å². The maximum atomic E-state index is 14.1. The average molecular weight is 341 g/mol. The van der Waals surface area contributed by atoms with Gasteiger partial charge in [0, 0.05) is 19.7 Å². The molecule has 1 aliphatic rings. The van der Waals surface area contributed by atoms with Crippen molar-refractivity contribution in [2.45, 2.75) is 13.0 Å². The van der Waals surface area contributed by atoms with E-state index >= 15 is 0 Å². The zero-order chi connectivity index (χ0) is 17.6. The fraction of sp³-hybridized carbons (Fsp3) is 0.176. The summed E-state index contributed by atoms with van der Waals surface area (Å²) in [6, 6.07) is 3.58. The highest BCUT2D eigenvalue weighted by atomic mass is 19.1. The number of fused-ring (bicyclic) bond motifs is 1. The molecule has 0 bridgehead atoms. The van der Waals surface area contributed by atoms with Gasteiger partial charge in [-0.1, -0.05) is 6.07 Å². The third-order valence-corrected chi connectivity index (χ3v) is 4.02. The lowest BCUT2D eigenvalue weighted by Crippen LogP contribution is -2.14. The number of hydrogen-bond acceptors (Lipinski definition) is 4. The van der Waals surface area contributed by atoms with Gasteiger partial charge in [-0.05, 0) is 17.7 Å². The third kappa shape index (κ3) is 2.65. The summed E-state index contributed by atoms with van der Waals surface area (Å²) in [6.07, 6.45) is 3.77. The molecule has 1 aromatic carbocycles. The summed E-state index contributed by atoms with van der Waals surface area (Å²) in [4.78, 5) is 20.6. The Balaban J connectivity index is 1.88. The molecule has 0 saturated heterocycles. The molecule has 0 fully saturated rings. The lowest BCUT2D eigenvalue weighted by atomic mass is 10.1. The first-order valence-corrected chi connectivity index (χ1v) is 7.63. The van der Waals surface area contributed by atoms with Gasteiger partial charge >= 0.3 is 0 Å². The van der Waals surface area contributed by atoms with Crippen LogP contribution in [-0.2, 0) is 20.0 Å². The highest BCUT2D eigenvalue weighted by Gasteiger charge is 2.28. The van der Waals surface area contributed by atoms with Gasteiger partial charge in [0.05, 0.1) is 35.3 Å². The van der Waals surface area contributed by atoms with Crippen LogP contribution >= 0.6 is 0 Å². The fourth-order valence-electron chi connectivity index (χ4n) is 2.91. The summed E-state index contributed by atoms with van der Waals surface area (Å²) in [6.45, 7) is 0.208. The molecule has 0 saturated carbocycles. The largest absolute Gasteiger partial charge is 0.346 e. The van der Waals surface area contributed by atoms with E-state index in [1.54, 1.807) is 24.1 Å². The molecule has 126 valence electrons. The summed E-state index contributed by atoms with van der Waals surface area (Å²) in [5, 5.41) is 6.76. The average Bonchev–Trinajstić information content (AvgIpc) is 3.13. The quantitative estimate of drug-likeness (QED) is 0.791. The summed E-state index contributed by atoms with van der Waals surface area (Å²) < 4.78 is 29.9. The van der Waals surface area contributed by atoms with E-state index in [2.05, 4.69) is 20.4 Å². The number of aryl methyl sites for hydroxylation is 1. The van der Waals surface area contributed by atoms with Crippen molar-refractivity contribution < 1.29 is 13.6 Å². The Labute approximate surface area is 141 Å². The Morgan fingerprint density at radius 3 is 2.64 bits per heavy atom. The molecular formula is C17H13F2N5O. The number of benzene rings is 1. The minimum Gasteiger partial charge on any atom is -0.346 e. The molecule has 3 aromatic rings. The third-order valence-electron chi connectivity index (χ3n) is 4.02. The molecular weight excluding hydrogens is 328 g/mol. The van der Waals surface area contributed by atoms with Gasteiger partial charge in [0.2, 0.25) is 0 Å². The van der Waals surface area contributed by atoms with Crippen LogP contribution in [0, 0.1) is 11.6 Å². The van der Waals surface area contributed by atoms with Crippen LogP contribution in [0.15, 0.2) is 30.6 Å². The highest BCUT2D eigenvalue weighted by molar-refractivity contribution is 5.99. The van der Waals surface area contributed by atoms with Crippen LogP contribution < -0.4 is 5.32 Å². The SMILES string of the molecule is Cn1cc(Cc2nc(-c3c(F)cccc3F)nc3c2C(=O)NC3)cn1. The van der Waals surface area contributed by atoms with Crippen LogP contribution in [0.3, 0.4) is 0 Å². The first kappa shape index (κ1) is 15.4. The van der Waals surface area contributed by atoms with E-state index in [9.17, 15) is 13.6 Å². The van der Waals surface area contributed by atoms with Gasteiger partial charge in [-0.15, -0.1) is 0 Å². The maximum absolute atomic E-state index is 14.1. The molecule has 6 nitrogen and oxygen atoms in total. The monoisotopic (exact) mass is 341 g/mol. The zero-order valence-corrected chi connectivity index (χ0v) is 13.3. The summed E-state index contributed by atoms with van der Waals surface area (Å²) in [7, 11) is 1.78. The van der Waals surface area contributed by atoms with Gasteiger partial charge in [-0.2, -0.15) is 5.10 Å². The molecule has 0 radical (unpaired) electrons. The van der Waals surface area contributed by atoms with Gasteiger partial charge in [0.1, 0.15) is 11.6 Å². The minimum atomic E-state index is -0.746. The molecule has 0 aliphatic carbocycles. The summed E-state index contributed by atoms with van der Waals surface area (Å²) >= 11 is 0. The van der Waals surface area contributed by atoms with Crippen molar-refractivity contribution in [1.82, 2.24) is 25.1 Å². The Bertz CT molecular complexity index is 978. The Morgan fingerprint density at radius 1 is 1.20 bits per heavy atom. The smallest absolute Gasteiger partial charge is 0.255 e. The second-order valence-corrected chi connectivity index (χ2v) is 5.79. The summed E-state index contributed by atoms with van der Waals surface area (Å²) in [5.74, 6) is -1.84. The topological polar surface area (TPSA) is 72.7 Å².